The van der Waals surface area contributed by atoms with Crippen LogP contribution in [0.25, 0.3) is 0 Å². The zero-order chi connectivity index (χ0) is 12.3. The number of benzene rings is 1. The number of nitrogens with two attached hydrogens (primary N) is 1. The van der Waals surface area contributed by atoms with Crippen LogP contribution in [0.1, 0.15) is 6.92 Å². The van der Waals surface area contributed by atoms with Crippen molar-refractivity contribution in [2.45, 2.75) is 13.0 Å². The first-order valence-corrected chi connectivity index (χ1v) is 4.94. The van der Waals surface area contributed by atoms with Gasteiger partial charge in [-0.2, -0.15) is 0 Å². The molecular weight excluding hydrogens is 209 g/mol. The van der Waals surface area contributed by atoms with E-state index in [1.807, 2.05) is 14.1 Å². The number of carbonyl (C=O) groups is 1. The van der Waals surface area contributed by atoms with Gasteiger partial charge in [-0.3, -0.25) is 9.69 Å². The van der Waals surface area contributed by atoms with Gasteiger partial charge in [-0.05, 0) is 39.2 Å². The minimum atomic E-state index is -0.487. The molecule has 5 heteroatoms. The highest BCUT2D eigenvalue weighted by molar-refractivity contribution is 5.94. The second-order valence-corrected chi connectivity index (χ2v) is 3.87. The van der Waals surface area contributed by atoms with E-state index in [1.54, 1.807) is 11.8 Å². The Morgan fingerprint density at radius 3 is 2.62 bits per heavy atom. The van der Waals surface area contributed by atoms with Gasteiger partial charge in [0.25, 0.3) is 0 Å². The largest absolute Gasteiger partial charge is 0.396 e. The maximum atomic E-state index is 12.9. The van der Waals surface area contributed by atoms with E-state index in [0.717, 1.165) is 0 Å². The topological polar surface area (TPSA) is 58.4 Å². The second-order valence-electron chi connectivity index (χ2n) is 3.87. The summed E-state index contributed by atoms with van der Waals surface area (Å²) in [6.07, 6.45) is 0. The van der Waals surface area contributed by atoms with Gasteiger partial charge in [0.15, 0.2) is 0 Å². The van der Waals surface area contributed by atoms with Gasteiger partial charge in [0.2, 0.25) is 5.91 Å². The maximum absolute atomic E-state index is 12.9. The molecule has 0 heterocycles. The zero-order valence-corrected chi connectivity index (χ0v) is 9.62. The minimum absolute atomic E-state index is 0.0234. The molecule has 4 nitrogen and oxygen atoms in total. The number of nitrogens with zero attached hydrogens (tertiary/aromatic N) is 1. The summed E-state index contributed by atoms with van der Waals surface area (Å²) in [4.78, 5) is 13.4. The van der Waals surface area contributed by atoms with Crippen LogP contribution >= 0.6 is 0 Å². The molecule has 3 N–H and O–H groups in total. The molecule has 0 aliphatic heterocycles. The quantitative estimate of drug-likeness (QED) is 0.762. The lowest BCUT2D eigenvalue weighted by Crippen LogP contribution is -2.37. The van der Waals surface area contributed by atoms with E-state index >= 15 is 0 Å². The molecule has 0 saturated carbocycles. The van der Waals surface area contributed by atoms with E-state index in [9.17, 15) is 9.18 Å². The van der Waals surface area contributed by atoms with Crippen molar-refractivity contribution in [1.82, 2.24) is 4.90 Å². The molecule has 1 rings (SSSR count). The summed E-state index contributed by atoms with van der Waals surface area (Å²) in [7, 11) is 3.62. The van der Waals surface area contributed by atoms with E-state index in [1.165, 1.54) is 18.2 Å². The van der Waals surface area contributed by atoms with Gasteiger partial charge in [0, 0.05) is 5.69 Å². The predicted octanol–water partition coefficient (Wildman–Crippen LogP) is 1.30. The van der Waals surface area contributed by atoms with Crippen molar-refractivity contribution in [2.24, 2.45) is 0 Å². The summed E-state index contributed by atoms with van der Waals surface area (Å²) in [5.74, 6) is -0.644. The van der Waals surface area contributed by atoms with Gasteiger partial charge in [-0.15, -0.1) is 0 Å². The summed E-state index contributed by atoms with van der Waals surface area (Å²) in [6, 6.07) is 3.85. The number of amides is 1. The zero-order valence-electron chi connectivity index (χ0n) is 9.62. The van der Waals surface area contributed by atoms with Gasteiger partial charge < -0.3 is 11.1 Å². The molecule has 0 saturated heterocycles. The van der Waals surface area contributed by atoms with E-state index in [0.29, 0.717) is 5.69 Å². The van der Waals surface area contributed by atoms with Crippen molar-refractivity contribution in [3.05, 3.63) is 24.0 Å². The number of hydrogen-bond donors (Lipinski definition) is 2. The molecule has 0 aliphatic rings. The van der Waals surface area contributed by atoms with E-state index in [2.05, 4.69) is 5.32 Å². The van der Waals surface area contributed by atoms with Gasteiger partial charge in [0.05, 0.1) is 11.7 Å². The molecule has 0 aliphatic carbocycles. The fourth-order valence-electron chi connectivity index (χ4n) is 1.10. The minimum Gasteiger partial charge on any atom is -0.396 e. The number of halogens is 1. The van der Waals surface area contributed by atoms with Crippen LogP contribution in [-0.4, -0.2) is 30.9 Å². The third kappa shape index (κ3) is 2.93. The summed E-state index contributed by atoms with van der Waals surface area (Å²) in [5, 5.41) is 2.66. The Morgan fingerprint density at radius 1 is 1.50 bits per heavy atom. The third-order valence-electron chi connectivity index (χ3n) is 2.42. The molecular formula is C11H16FN3O. The molecule has 1 aromatic rings. The van der Waals surface area contributed by atoms with Gasteiger partial charge in [-0.25, -0.2) is 4.39 Å². The number of likely N-dealkylation sites (N-methyl/N-ethyl adjacent to an activating group) is 1. The molecule has 1 aromatic carbocycles. The van der Waals surface area contributed by atoms with Gasteiger partial charge in [-0.1, -0.05) is 0 Å². The van der Waals surface area contributed by atoms with Crippen LogP contribution in [0.15, 0.2) is 18.2 Å². The number of anilines is 2. The second kappa shape index (κ2) is 4.94. The molecule has 1 atom stereocenters. The summed E-state index contributed by atoms with van der Waals surface area (Å²) in [5.41, 5.74) is 5.92. The first-order chi connectivity index (χ1) is 7.41. The molecule has 1 unspecified atom stereocenters. The molecule has 16 heavy (non-hydrogen) atoms. The molecule has 0 bridgehead atoms. The van der Waals surface area contributed by atoms with Crippen LogP contribution in [0, 0.1) is 5.82 Å². The number of rotatable bonds is 3. The van der Waals surface area contributed by atoms with Crippen LogP contribution in [0.2, 0.25) is 0 Å². The third-order valence-corrected chi connectivity index (χ3v) is 2.42. The highest BCUT2D eigenvalue weighted by Gasteiger charge is 2.15. The number of hydrogen-bond acceptors (Lipinski definition) is 3. The Kier molecular flexibility index (Phi) is 3.84. The summed E-state index contributed by atoms with van der Waals surface area (Å²) >= 11 is 0. The van der Waals surface area contributed by atoms with Crippen LogP contribution in [0.4, 0.5) is 15.8 Å². The van der Waals surface area contributed by atoms with Crippen LogP contribution in [-0.2, 0) is 4.79 Å². The maximum Gasteiger partial charge on any atom is 0.241 e. The van der Waals surface area contributed by atoms with Crippen molar-refractivity contribution in [1.29, 1.82) is 0 Å². The molecule has 1 amide bonds. The number of nitrogens with one attached hydrogen (secondary N) is 1. The van der Waals surface area contributed by atoms with E-state index in [4.69, 9.17) is 5.73 Å². The average Bonchev–Trinajstić information content (AvgIpc) is 2.22. The molecule has 88 valence electrons. The predicted molar refractivity (Wildman–Crippen MR) is 62.6 cm³/mol. The van der Waals surface area contributed by atoms with Crippen molar-refractivity contribution < 1.29 is 9.18 Å². The lowest BCUT2D eigenvalue weighted by atomic mass is 10.2. The van der Waals surface area contributed by atoms with Crippen molar-refractivity contribution in [3.8, 4) is 0 Å². The highest BCUT2D eigenvalue weighted by Crippen LogP contribution is 2.16. The number of carbonyl (C=O) groups excluding carboxylic acids is 1. The molecule has 0 radical (unpaired) electrons. The lowest BCUT2D eigenvalue weighted by molar-refractivity contribution is -0.119. The van der Waals surface area contributed by atoms with Crippen LogP contribution in [0.3, 0.4) is 0 Å². The molecule has 0 fully saturated rings. The fraction of sp³-hybridized carbons (Fsp3) is 0.364. The summed E-state index contributed by atoms with van der Waals surface area (Å²) in [6.45, 7) is 1.78. The molecule has 0 aromatic heterocycles. The normalized spacial score (nSPS) is 12.6. The van der Waals surface area contributed by atoms with Crippen LogP contribution in [0.5, 0.6) is 0 Å². The Balaban J connectivity index is 2.74. The number of nitrogen functional groups attached to an aromatic ring is 1. The van der Waals surface area contributed by atoms with E-state index in [-0.39, 0.29) is 17.6 Å². The fourth-order valence-corrected chi connectivity index (χ4v) is 1.10. The highest BCUT2D eigenvalue weighted by atomic mass is 19.1. The first-order valence-electron chi connectivity index (χ1n) is 4.94. The van der Waals surface area contributed by atoms with E-state index < -0.39 is 5.82 Å². The lowest BCUT2D eigenvalue weighted by Gasteiger charge is -2.19. The Labute approximate surface area is 94.2 Å². The monoisotopic (exact) mass is 225 g/mol. The Bertz CT molecular complexity index is 393. The van der Waals surface area contributed by atoms with Crippen molar-refractivity contribution in [2.75, 3.05) is 25.1 Å². The summed E-state index contributed by atoms with van der Waals surface area (Å²) < 4.78 is 12.9. The van der Waals surface area contributed by atoms with Crippen LogP contribution < -0.4 is 11.1 Å². The van der Waals surface area contributed by atoms with Gasteiger partial charge >= 0.3 is 0 Å². The van der Waals surface area contributed by atoms with Gasteiger partial charge in [0.1, 0.15) is 5.82 Å². The first kappa shape index (κ1) is 12.4. The smallest absolute Gasteiger partial charge is 0.241 e. The van der Waals surface area contributed by atoms with Crippen molar-refractivity contribution in [3.63, 3.8) is 0 Å². The average molecular weight is 225 g/mol. The molecule has 0 spiro atoms. The Morgan fingerprint density at radius 2 is 2.12 bits per heavy atom. The Hall–Kier alpha value is -1.62. The SMILES string of the molecule is CC(C(=O)Nc1ccc(F)c(N)c1)N(C)C. The van der Waals surface area contributed by atoms with Crippen molar-refractivity contribution >= 4 is 17.3 Å². The standard InChI is InChI=1S/C11H16FN3O/c1-7(15(2)3)11(16)14-8-4-5-9(12)10(13)6-8/h4-7H,13H2,1-3H3,(H,14,16).